The van der Waals surface area contributed by atoms with Gasteiger partial charge in [-0.2, -0.15) is 0 Å². The molecular formula is C54H37NO. The third-order valence-electron chi connectivity index (χ3n) is 10.7. The number of hydrogen-bond acceptors (Lipinski definition) is 2. The summed E-state index contributed by atoms with van der Waals surface area (Å²) in [5.41, 5.74) is 14.6. The maximum absolute atomic E-state index is 6.44. The minimum absolute atomic E-state index is 0.863. The van der Waals surface area contributed by atoms with E-state index < -0.39 is 0 Å². The first-order valence-electron chi connectivity index (χ1n) is 19.1. The summed E-state index contributed by atoms with van der Waals surface area (Å²) in [4.78, 5) is 2.34. The van der Waals surface area contributed by atoms with Crippen molar-refractivity contribution in [3.63, 3.8) is 0 Å². The first-order chi connectivity index (χ1) is 27.7. The number of benzene rings is 9. The summed E-state index contributed by atoms with van der Waals surface area (Å²) in [6.45, 7) is 0. The molecule has 0 amide bonds. The molecule has 0 fully saturated rings. The van der Waals surface area contributed by atoms with Crippen molar-refractivity contribution >= 4 is 38.8 Å². The number of nitrogens with zero attached hydrogens (tertiary/aromatic N) is 1. The molecule has 0 aliphatic rings. The average molecular weight is 716 g/mol. The lowest BCUT2D eigenvalue weighted by atomic mass is 9.93. The Bertz CT molecular complexity index is 2890. The fourth-order valence-electron chi connectivity index (χ4n) is 7.77. The van der Waals surface area contributed by atoms with Crippen molar-refractivity contribution < 1.29 is 4.42 Å². The molecule has 2 heteroatoms. The fraction of sp³-hybridized carbons (Fsp3) is 0. The first kappa shape index (κ1) is 33.2. The van der Waals surface area contributed by atoms with Gasteiger partial charge < -0.3 is 9.32 Å². The molecule has 0 spiro atoms. The van der Waals surface area contributed by atoms with E-state index >= 15 is 0 Å². The third-order valence-corrected chi connectivity index (χ3v) is 10.7. The van der Waals surface area contributed by atoms with Crippen molar-refractivity contribution in [2.75, 3.05) is 4.90 Å². The van der Waals surface area contributed by atoms with Crippen LogP contribution in [0.25, 0.3) is 77.6 Å². The monoisotopic (exact) mass is 715 g/mol. The molecule has 0 unspecified atom stereocenters. The van der Waals surface area contributed by atoms with Gasteiger partial charge in [0.25, 0.3) is 0 Å². The van der Waals surface area contributed by atoms with E-state index in [2.05, 4.69) is 217 Å². The molecule has 9 aromatic carbocycles. The number of fused-ring (bicyclic) bond motifs is 2. The molecule has 264 valence electrons. The second kappa shape index (κ2) is 14.4. The van der Waals surface area contributed by atoms with Gasteiger partial charge in [0.2, 0.25) is 0 Å². The van der Waals surface area contributed by atoms with Gasteiger partial charge >= 0.3 is 0 Å². The highest BCUT2D eigenvalue weighted by Crippen LogP contribution is 2.41. The van der Waals surface area contributed by atoms with Crippen LogP contribution in [-0.4, -0.2) is 0 Å². The molecule has 0 radical (unpaired) electrons. The lowest BCUT2D eigenvalue weighted by Gasteiger charge is -2.26. The van der Waals surface area contributed by atoms with Gasteiger partial charge in [0.15, 0.2) is 0 Å². The largest absolute Gasteiger partial charge is 0.456 e. The molecule has 10 aromatic rings. The third kappa shape index (κ3) is 6.44. The molecule has 0 saturated carbocycles. The van der Waals surface area contributed by atoms with Crippen LogP contribution in [0.15, 0.2) is 229 Å². The normalized spacial score (nSPS) is 11.2. The maximum Gasteiger partial charge on any atom is 0.136 e. The highest BCUT2D eigenvalue weighted by atomic mass is 16.3. The second-order valence-electron chi connectivity index (χ2n) is 14.2. The van der Waals surface area contributed by atoms with E-state index in [9.17, 15) is 0 Å². The van der Waals surface area contributed by atoms with Crippen molar-refractivity contribution in [3.8, 4) is 55.8 Å². The average Bonchev–Trinajstić information content (AvgIpc) is 3.72. The van der Waals surface area contributed by atoms with Crippen molar-refractivity contribution in [2.45, 2.75) is 0 Å². The molecule has 56 heavy (non-hydrogen) atoms. The zero-order valence-electron chi connectivity index (χ0n) is 30.7. The molecule has 2 nitrogen and oxygen atoms in total. The van der Waals surface area contributed by atoms with Crippen molar-refractivity contribution in [2.24, 2.45) is 0 Å². The van der Waals surface area contributed by atoms with Crippen molar-refractivity contribution in [3.05, 3.63) is 224 Å². The van der Waals surface area contributed by atoms with Crippen LogP contribution in [0.1, 0.15) is 0 Å². The van der Waals surface area contributed by atoms with Gasteiger partial charge in [0.05, 0.1) is 0 Å². The summed E-state index contributed by atoms with van der Waals surface area (Å²) in [5, 5.41) is 3.53. The zero-order chi connectivity index (χ0) is 37.3. The van der Waals surface area contributed by atoms with E-state index in [1.807, 2.05) is 12.1 Å². The first-order valence-corrected chi connectivity index (χ1v) is 19.1. The molecule has 0 N–H and O–H groups in total. The summed E-state index contributed by atoms with van der Waals surface area (Å²) in [5.74, 6) is 0.863. The number of anilines is 3. The summed E-state index contributed by atoms with van der Waals surface area (Å²) in [6.07, 6.45) is 0. The van der Waals surface area contributed by atoms with Gasteiger partial charge in [0.1, 0.15) is 11.3 Å². The fourth-order valence-corrected chi connectivity index (χ4v) is 7.77. The molecule has 0 atom stereocenters. The van der Waals surface area contributed by atoms with Gasteiger partial charge in [0, 0.05) is 28.0 Å². The quantitative estimate of drug-likeness (QED) is 0.156. The van der Waals surface area contributed by atoms with Crippen LogP contribution in [0.2, 0.25) is 0 Å². The van der Waals surface area contributed by atoms with E-state index in [0.717, 1.165) is 61.6 Å². The highest BCUT2D eigenvalue weighted by molar-refractivity contribution is 5.92. The minimum Gasteiger partial charge on any atom is -0.456 e. The summed E-state index contributed by atoms with van der Waals surface area (Å²) in [7, 11) is 0. The second-order valence-corrected chi connectivity index (χ2v) is 14.2. The van der Waals surface area contributed by atoms with Gasteiger partial charge in [-0.15, -0.1) is 0 Å². The Morgan fingerprint density at radius 1 is 0.268 bits per heavy atom. The number of furan rings is 1. The smallest absolute Gasteiger partial charge is 0.136 e. The predicted octanol–water partition coefficient (Wildman–Crippen LogP) is 15.4. The lowest BCUT2D eigenvalue weighted by molar-refractivity contribution is 0.632. The number of hydrogen-bond donors (Lipinski definition) is 0. The Labute approximate surface area is 327 Å². The molecule has 0 saturated heterocycles. The van der Waals surface area contributed by atoms with Gasteiger partial charge in [-0.05, 0) is 110 Å². The Morgan fingerprint density at radius 3 is 1.36 bits per heavy atom. The Balaban J connectivity index is 1.01. The van der Waals surface area contributed by atoms with E-state index in [1.165, 1.54) is 33.0 Å². The molecular weight excluding hydrogens is 679 g/mol. The topological polar surface area (TPSA) is 16.4 Å². The van der Waals surface area contributed by atoms with Crippen LogP contribution in [0.5, 0.6) is 0 Å². The van der Waals surface area contributed by atoms with Crippen molar-refractivity contribution in [1.29, 1.82) is 0 Å². The Kier molecular flexibility index (Phi) is 8.55. The number of rotatable bonds is 8. The highest BCUT2D eigenvalue weighted by Gasteiger charge is 2.17. The van der Waals surface area contributed by atoms with Crippen LogP contribution < -0.4 is 4.90 Å². The predicted molar refractivity (Wildman–Crippen MR) is 236 cm³/mol. The number of para-hydroxylation sites is 1. The van der Waals surface area contributed by atoms with E-state index in [1.54, 1.807) is 0 Å². The molecule has 10 rings (SSSR count). The van der Waals surface area contributed by atoms with Crippen LogP contribution in [0.4, 0.5) is 17.1 Å². The molecule has 0 aliphatic heterocycles. The molecule has 1 aromatic heterocycles. The van der Waals surface area contributed by atoms with Gasteiger partial charge in [-0.3, -0.25) is 0 Å². The molecule has 0 aliphatic carbocycles. The Morgan fingerprint density at radius 2 is 0.732 bits per heavy atom. The summed E-state index contributed by atoms with van der Waals surface area (Å²) < 4.78 is 6.44. The van der Waals surface area contributed by atoms with Crippen LogP contribution in [-0.2, 0) is 0 Å². The summed E-state index contributed by atoms with van der Waals surface area (Å²) >= 11 is 0. The lowest BCUT2D eigenvalue weighted by Crippen LogP contribution is -2.09. The van der Waals surface area contributed by atoms with Crippen LogP contribution in [0.3, 0.4) is 0 Å². The van der Waals surface area contributed by atoms with Crippen molar-refractivity contribution in [1.82, 2.24) is 0 Å². The van der Waals surface area contributed by atoms with Gasteiger partial charge in [-0.1, -0.05) is 170 Å². The zero-order valence-corrected chi connectivity index (χ0v) is 30.7. The molecule has 0 bridgehead atoms. The SMILES string of the molecule is c1ccc(-c2ccc(-c3ccc(N(c4ccc(-c5ccc(-c6ccccc6)c(-c6cc7ccccc7o6)c5)cc4)c4ccc5ccccc5c4)cc3)cc2)cc1. The van der Waals surface area contributed by atoms with Crippen LogP contribution >= 0.6 is 0 Å². The van der Waals surface area contributed by atoms with E-state index in [4.69, 9.17) is 4.42 Å². The summed E-state index contributed by atoms with van der Waals surface area (Å²) in [6, 6.07) is 80.0. The minimum atomic E-state index is 0.863. The van der Waals surface area contributed by atoms with Crippen LogP contribution in [0, 0.1) is 0 Å². The standard InChI is InChI=1S/C54H37NO/c1-3-11-38(12-4-1)40-19-21-41(22-20-40)42-23-29-48(30-24-42)55(50-33-27-39-13-7-8-16-45(39)35-50)49-31-25-43(26-32-49)46-28-34-51(44-14-5-2-6-15-44)52(36-46)54-37-47-17-9-10-18-53(47)56-54/h1-37H. The van der Waals surface area contributed by atoms with E-state index in [0.29, 0.717) is 0 Å². The van der Waals surface area contributed by atoms with Gasteiger partial charge in [-0.25, -0.2) is 0 Å². The maximum atomic E-state index is 6.44. The van der Waals surface area contributed by atoms with E-state index in [-0.39, 0.29) is 0 Å². The molecule has 1 heterocycles. The Hall–Kier alpha value is -7.42.